The molecule has 0 bridgehead atoms. The van der Waals surface area contributed by atoms with Crippen molar-refractivity contribution in [2.45, 2.75) is 18.5 Å². The number of rotatable bonds is 1. The lowest BCUT2D eigenvalue weighted by molar-refractivity contribution is 0.735. The predicted molar refractivity (Wildman–Crippen MR) is 204 cm³/mol. The van der Waals surface area contributed by atoms with Crippen molar-refractivity contribution in [1.29, 1.82) is 0 Å². The Morgan fingerprint density at radius 2 is 0.854 bits per heavy atom. The molecule has 2 aromatic heterocycles. The van der Waals surface area contributed by atoms with Crippen molar-refractivity contribution in [2.75, 3.05) is 4.90 Å². The van der Waals surface area contributed by atoms with Crippen LogP contribution in [0, 0.1) is 0 Å². The van der Waals surface area contributed by atoms with Gasteiger partial charge in [0.25, 0.3) is 0 Å². The van der Waals surface area contributed by atoms with Gasteiger partial charge in [-0.3, -0.25) is 0 Å². The van der Waals surface area contributed by atoms with Gasteiger partial charge in [0.2, 0.25) is 0 Å². The summed E-state index contributed by atoms with van der Waals surface area (Å²) < 4.78 is 2.47. The van der Waals surface area contributed by atoms with Gasteiger partial charge in [0.05, 0.1) is 33.3 Å². The number of nitrogens with zero attached hydrogens (tertiary/aromatic N) is 2. The van der Waals surface area contributed by atoms with Crippen molar-refractivity contribution >= 4 is 73.6 Å². The third-order valence-electron chi connectivity index (χ3n) is 11.6. The molecule has 2 nitrogen and oxygen atoms in total. The summed E-state index contributed by atoms with van der Waals surface area (Å²) in [5.74, 6) is 0. The van der Waals surface area contributed by atoms with E-state index in [2.05, 4.69) is 180 Å². The second kappa shape index (κ2) is 9.03. The Bertz CT molecular complexity index is 2600. The summed E-state index contributed by atoms with van der Waals surface area (Å²) in [6.07, 6.45) is 0. The summed E-state index contributed by atoms with van der Waals surface area (Å²) in [4.78, 5) is 2.54. The van der Waals surface area contributed by atoms with E-state index in [1.54, 1.807) is 0 Å². The molecule has 1 spiro atoms. The first-order valence-electron chi connectivity index (χ1n) is 17.0. The summed E-state index contributed by atoms with van der Waals surface area (Å²) >= 11 is 0. The average molecular weight is 629 g/mol. The summed E-state index contributed by atoms with van der Waals surface area (Å²) in [6, 6.07) is 59.7. The molecule has 0 saturated carbocycles. The zero-order valence-corrected chi connectivity index (χ0v) is 27.9. The van der Waals surface area contributed by atoms with Gasteiger partial charge >= 0.3 is 0 Å². The second-order valence-electron chi connectivity index (χ2n) is 14.1. The van der Waals surface area contributed by atoms with E-state index in [1.807, 2.05) is 0 Å². The van der Waals surface area contributed by atoms with E-state index in [9.17, 15) is 0 Å². The van der Waals surface area contributed by atoms with E-state index in [0.717, 1.165) is 0 Å². The molecule has 0 atom stereocenters. The van der Waals surface area contributed by atoms with Gasteiger partial charge < -0.3 is 9.30 Å². The second-order valence-corrected chi connectivity index (χ2v) is 18.4. The average Bonchev–Trinajstić information content (AvgIpc) is 3.65. The van der Waals surface area contributed by atoms with Crippen molar-refractivity contribution in [2.24, 2.45) is 0 Å². The van der Waals surface area contributed by atoms with Gasteiger partial charge in [-0.05, 0) is 69.0 Å². The van der Waals surface area contributed by atoms with Gasteiger partial charge in [0.1, 0.15) is 8.07 Å². The predicted octanol–water partition coefficient (Wildman–Crippen LogP) is 10.1. The Kier molecular flexibility index (Phi) is 4.97. The summed E-state index contributed by atoms with van der Waals surface area (Å²) in [6.45, 7) is 5.05. The molecule has 3 heteroatoms. The molecule has 0 unspecified atom stereocenters. The van der Waals surface area contributed by atoms with E-state index < -0.39 is 13.5 Å². The zero-order valence-electron chi connectivity index (χ0n) is 26.9. The van der Waals surface area contributed by atoms with Crippen LogP contribution in [0.2, 0.25) is 13.1 Å². The minimum Gasteiger partial charge on any atom is -0.310 e. The zero-order chi connectivity index (χ0) is 31.8. The Morgan fingerprint density at radius 3 is 1.38 bits per heavy atom. The number of hydrogen-bond acceptors (Lipinski definition) is 1. The highest BCUT2D eigenvalue weighted by atomic mass is 28.3. The quantitative estimate of drug-likeness (QED) is 0.164. The number of fused-ring (bicyclic) bond motifs is 14. The highest BCUT2D eigenvalue weighted by Gasteiger charge is 2.53. The van der Waals surface area contributed by atoms with Crippen LogP contribution in [0.3, 0.4) is 0 Å². The lowest BCUT2D eigenvalue weighted by Crippen LogP contribution is -2.63. The van der Waals surface area contributed by atoms with Crippen LogP contribution in [0.15, 0.2) is 158 Å². The highest BCUT2D eigenvalue weighted by Crippen LogP contribution is 2.59. The van der Waals surface area contributed by atoms with Gasteiger partial charge in [0.15, 0.2) is 0 Å². The van der Waals surface area contributed by atoms with Crippen molar-refractivity contribution in [3.05, 3.63) is 180 Å². The SMILES string of the molecule is C[Si]1(C)c2ccccc2C2(c3ccccc3N(c3cc4c5ccccc5n5c6ccccc6c(c3)c45)c3ccccc32)c2ccccc21. The Balaban J connectivity index is 1.29. The first-order valence-corrected chi connectivity index (χ1v) is 20.0. The minimum absolute atomic E-state index is 0.428. The maximum atomic E-state index is 2.54. The molecule has 0 N–H and O–H groups in total. The van der Waals surface area contributed by atoms with Crippen molar-refractivity contribution in [1.82, 2.24) is 4.40 Å². The molecule has 226 valence electrons. The Hall–Kier alpha value is -5.64. The van der Waals surface area contributed by atoms with Crippen LogP contribution in [0.25, 0.3) is 38.1 Å². The number of anilines is 3. The van der Waals surface area contributed by atoms with Crippen LogP contribution in [0.4, 0.5) is 17.1 Å². The van der Waals surface area contributed by atoms with E-state index in [-0.39, 0.29) is 0 Å². The molecule has 0 amide bonds. The molecule has 4 heterocycles. The van der Waals surface area contributed by atoms with Crippen LogP contribution in [-0.4, -0.2) is 12.5 Å². The number of benzene rings is 7. The smallest absolute Gasteiger partial charge is 0.113 e. The van der Waals surface area contributed by atoms with Crippen molar-refractivity contribution in [3.8, 4) is 0 Å². The van der Waals surface area contributed by atoms with Gasteiger partial charge in [0, 0.05) is 27.2 Å². The largest absolute Gasteiger partial charge is 0.310 e. The number of para-hydroxylation sites is 4. The van der Waals surface area contributed by atoms with E-state index in [1.165, 1.54) is 87.8 Å². The van der Waals surface area contributed by atoms with E-state index >= 15 is 0 Å². The molecular weight excluding hydrogens is 597 g/mol. The van der Waals surface area contributed by atoms with Crippen LogP contribution >= 0.6 is 0 Å². The molecule has 9 aromatic rings. The molecule has 0 saturated heterocycles. The molecule has 0 radical (unpaired) electrons. The molecule has 0 fully saturated rings. The third kappa shape index (κ3) is 3.00. The lowest BCUT2D eigenvalue weighted by atomic mass is 9.62. The fraction of sp³-hybridized carbons (Fsp3) is 0.0667. The van der Waals surface area contributed by atoms with Gasteiger partial charge in [-0.25, -0.2) is 0 Å². The normalized spacial score (nSPS) is 15.6. The molecule has 2 aliphatic heterocycles. The van der Waals surface area contributed by atoms with Crippen molar-refractivity contribution in [3.63, 3.8) is 0 Å². The third-order valence-corrected chi connectivity index (χ3v) is 15.1. The molecule has 0 aliphatic carbocycles. The topological polar surface area (TPSA) is 7.65 Å². The monoisotopic (exact) mass is 628 g/mol. The van der Waals surface area contributed by atoms with Crippen LogP contribution in [0.5, 0.6) is 0 Å². The maximum absolute atomic E-state index is 2.54. The van der Waals surface area contributed by atoms with Crippen LogP contribution in [0.1, 0.15) is 22.3 Å². The molecule has 7 aromatic carbocycles. The van der Waals surface area contributed by atoms with Crippen molar-refractivity contribution < 1.29 is 0 Å². The molecule has 48 heavy (non-hydrogen) atoms. The summed E-state index contributed by atoms with van der Waals surface area (Å²) in [5.41, 5.74) is 12.6. The Labute approximate surface area is 280 Å². The maximum Gasteiger partial charge on any atom is 0.113 e. The van der Waals surface area contributed by atoms with E-state index in [4.69, 9.17) is 0 Å². The first-order chi connectivity index (χ1) is 23.6. The molecule has 2 aliphatic rings. The summed E-state index contributed by atoms with van der Waals surface area (Å²) in [5, 5.41) is 8.24. The van der Waals surface area contributed by atoms with Gasteiger partial charge in [-0.2, -0.15) is 0 Å². The summed E-state index contributed by atoms with van der Waals surface area (Å²) in [7, 11) is -1.97. The number of hydrogen-bond donors (Lipinski definition) is 0. The number of aromatic nitrogens is 1. The van der Waals surface area contributed by atoms with Crippen LogP contribution < -0.4 is 15.3 Å². The standard InChI is InChI=1S/C45H32N2Si/c1-48(2)42-25-13-7-19-36(42)45(37-20-8-14-26-43(37)48)34-17-5-11-23-40(34)46(41-24-12-6-18-35(41)45)29-27-32-30-15-3-9-21-38(30)47-39-22-10-4-16-31(39)33(28-29)44(32)47/h3-28H,1-2H3. The highest BCUT2D eigenvalue weighted by molar-refractivity contribution is 7.01. The molecule has 11 rings (SSSR count). The fourth-order valence-corrected chi connectivity index (χ4v) is 12.9. The van der Waals surface area contributed by atoms with Gasteiger partial charge in [-0.15, -0.1) is 0 Å². The van der Waals surface area contributed by atoms with E-state index in [0.29, 0.717) is 0 Å². The first kappa shape index (κ1) is 26.4. The minimum atomic E-state index is -1.97. The lowest BCUT2D eigenvalue weighted by Gasteiger charge is -2.52. The fourth-order valence-electron chi connectivity index (χ4n) is 9.67. The van der Waals surface area contributed by atoms with Gasteiger partial charge in [-0.1, -0.05) is 134 Å². The molecular formula is C45H32N2Si. The Morgan fingerprint density at radius 1 is 0.438 bits per heavy atom. The van der Waals surface area contributed by atoms with Crippen LogP contribution in [-0.2, 0) is 5.41 Å².